The van der Waals surface area contributed by atoms with Crippen molar-refractivity contribution in [1.82, 2.24) is 10.2 Å². The standard InChI is InChI=1S/C35H41N5O5/c1-5-24(4)31(38-39-36)29-22-40(33(42)32(45-29)23(2)3)28(34(43)44)21-30(41)37-35(25-15-9-6-10-16-25,26-17-11-7-12-18-26)27-19-13-8-14-20-27/h6-20,23-24,28-29,31-32H,5,21-22H2,1-4H3,(H,37,41)(H,43,44)/t24-,28-,29-,31-,32-/m0/s1. The summed E-state index contributed by atoms with van der Waals surface area (Å²) < 4.78 is 6.17. The molecular formula is C35H41N5O5. The average Bonchev–Trinajstić information content (AvgIpc) is 3.06. The van der Waals surface area contributed by atoms with E-state index in [2.05, 4.69) is 15.3 Å². The lowest BCUT2D eigenvalue weighted by atomic mass is 9.77. The summed E-state index contributed by atoms with van der Waals surface area (Å²) in [5, 5.41) is 17.6. The number of morpholine rings is 1. The van der Waals surface area contributed by atoms with Crippen molar-refractivity contribution in [3.05, 3.63) is 118 Å². The van der Waals surface area contributed by atoms with Gasteiger partial charge in [0.15, 0.2) is 0 Å². The minimum atomic E-state index is -1.48. The van der Waals surface area contributed by atoms with E-state index in [0.717, 1.165) is 16.7 Å². The number of amides is 2. The molecule has 3 aromatic carbocycles. The molecular weight excluding hydrogens is 570 g/mol. The number of benzene rings is 3. The lowest BCUT2D eigenvalue weighted by molar-refractivity contribution is -0.179. The first-order valence-corrected chi connectivity index (χ1v) is 15.3. The summed E-state index contributed by atoms with van der Waals surface area (Å²) in [6.45, 7) is 7.38. The van der Waals surface area contributed by atoms with Crippen molar-refractivity contribution in [2.24, 2.45) is 17.0 Å². The van der Waals surface area contributed by atoms with Crippen molar-refractivity contribution in [1.29, 1.82) is 0 Å². The number of carboxylic acids is 1. The third kappa shape index (κ3) is 7.19. The molecule has 0 bridgehead atoms. The van der Waals surface area contributed by atoms with Crippen LogP contribution in [-0.2, 0) is 24.7 Å². The van der Waals surface area contributed by atoms with Crippen LogP contribution in [0.5, 0.6) is 0 Å². The first kappa shape index (κ1) is 33.2. The zero-order chi connectivity index (χ0) is 32.6. The summed E-state index contributed by atoms with van der Waals surface area (Å²) in [5.41, 5.74) is 10.5. The number of hydrogen-bond donors (Lipinski definition) is 2. The molecule has 0 saturated carbocycles. The molecule has 10 nitrogen and oxygen atoms in total. The number of nitrogens with one attached hydrogen (secondary N) is 1. The molecule has 3 aromatic rings. The van der Waals surface area contributed by atoms with Crippen LogP contribution in [0.2, 0.25) is 0 Å². The van der Waals surface area contributed by atoms with E-state index < -0.39 is 54.0 Å². The van der Waals surface area contributed by atoms with Gasteiger partial charge in [-0.1, -0.05) is 130 Å². The maximum atomic E-state index is 14.1. The van der Waals surface area contributed by atoms with Gasteiger partial charge in [0.05, 0.1) is 18.6 Å². The van der Waals surface area contributed by atoms with Gasteiger partial charge in [0.2, 0.25) is 5.91 Å². The van der Waals surface area contributed by atoms with Crippen LogP contribution in [0.25, 0.3) is 10.4 Å². The maximum Gasteiger partial charge on any atom is 0.326 e. The Labute approximate surface area is 264 Å². The SMILES string of the molecule is CC[C@H](C)[C@H](N=[N+]=[N-])[C@@H]1CN([C@@H](CC(=O)NC(c2ccccc2)(c2ccccc2)c2ccccc2)C(=O)O)C(=O)[C@H](C(C)C)O1. The Kier molecular flexibility index (Phi) is 11.0. The van der Waals surface area contributed by atoms with Gasteiger partial charge in [-0.05, 0) is 34.1 Å². The Balaban J connectivity index is 1.75. The zero-order valence-electron chi connectivity index (χ0n) is 26.1. The normalized spacial score (nSPS) is 18.9. The van der Waals surface area contributed by atoms with Crippen molar-refractivity contribution >= 4 is 17.8 Å². The number of nitrogens with zero attached hydrogens (tertiary/aromatic N) is 4. The van der Waals surface area contributed by atoms with Gasteiger partial charge in [0.25, 0.3) is 5.91 Å². The second-order valence-corrected chi connectivity index (χ2v) is 11.9. The van der Waals surface area contributed by atoms with Gasteiger partial charge in [0, 0.05) is 11.5 Å². The molecule has 10 heteroatoms. The Morgan fingerprint density at radius 1 is 0.978 bits per heavy atom. The molecule has 45 heavy (non-hydrogen) atoms. The summed E-state index contributed by atoms with van der Waals surface area (Å²) >= 11 is 0. The Morgan fingerprint density at radius 2 is 1.47 bits per heavy atom. The summed E-state index contributed by atoms with van der Waals surface area (Å²) in [6, 6.07) is 26.4. The van der Waals surface area contributed by atoms with E-state index in [0.29, 0.717) is 6.42 Å². The van der Waals surface area contributed by atoms with Crippen molar-refractivity contribution in [2.75, 3.05) is 6.54 Å². The molecule has 0 spiro atoms. The van der Waals surface area contributed by atoms with Crippen LogP contribution < -0.4 is 5.32 Å². The topological polar surface area (TPSA) is 145 Å². The van der Waals surface area contributed by atoms with E-state index in [4.69, 9.17) is 4.74 Å². The molecule has 5 atom stereocenters. The summed E-state index contributed by atoms with van der Waals surface area (Å²) in [7, 11) is 0. The van der Waals surface area contributed by atoms with Crippen LogP contribution >= 0.6 is 0 Å². The van der Waals surface area contributed by atoms with Crippen molar-refractivity contribution in [3.8, 4) is 0 Å². The summed E-state index contributed by atoms with van der Waals surface area (Å²) in [5.74, 6) is -2.73. The Bertz CT molecular complexity index is 1400. The quantitative estimate of drug-likeness (QED) is 0.107. The minimum Gasteiger partial charge on any atom is -0.480 e. The molecule has 236 valence electrons. The van der Waals surface area contributed by atoms with E-state index in [9.17, 15) is 25.0 Å². The predicted molar refractivity (Wildman–Crippen MR) is 171 cm³/mol. The summed E-state index contributed by atoms with van der Waals surface area (Å²) in [4.78, 5) is 44.9. The minimum absolute atomic E-state index is 0.0800. The number of aliphatic carboxylic acids is 1. The Morgan fingerprint density at radius 3 is 1.87 bits per heavy atom. The lowest BCUT2D eigenvalue weighted by Gasteiger charge is -2.44. The van der Waals surface area contributed by atoms with Crippen molar-refractivity contribution in [3.63, 3.8) is 0 Å². The number of rotatable bonds is 13. The number of azide groups is 1. The van der Waals surface area contributed by atoms with Gasteiger partial charge >= 0.3 is 5.97 Å². The highest BCUT2D eigenvalue weighted by Gasteiger charge is 2.46. The van der Waals surface area contributed by atoms with Gasteiger partial charge in [0.1, 0.15) is 17.7 Å². The van der Waals surface area contributed by atoms with E-state index in [1.165, 1.54) is 4.90 Å². The zero-order valence-corrected chi connectivity index (χ0v) is 26.1. The largest absolute Gasteiger partial charge is 0.480 e. The number of carbonyl (C=O) groups excluding carboxylic acids is 2. The first-order valence-electron chi connectivity index (χ1n) is 15.3. The monoisotopic (exact) mass is 611 g/mol. The van der Waals surface area contributed by atoms with Crippen LogP contribution in [-0.4, -0.2) is 58.6 Å². The summed E-state index contributed by atoms with van der Waals surface area (Å²) in [6.07, 6.45) is -1.49. The maximum absolute atomic E-state index is 14.1. The molecule has 1 fully saturated rings. The van der Waals surface area contributed by atoms with Crippen molar-refractivity contribution < 1.29 is 24.2 Å². The van der Waals surface area contributed by atoms with Gasteiger partial charge < -0.3 is 20.1 Å². The van der Waals surface area contributed by atoms with Crippen LogP contribution in [0.1, 0.15) is 57.2 Å². The molecule has 1 aliphatic heterocycles. The van der Waals surface area contributed by atoms with Crippen LogP contribution in [0.15, 0.2) is 96.1 Å². The highest BCUT2D eigenvalue weighted by Crippen LogP contribution is 2.37. The first-order chi connectivity index (χ1) is 21.6. The van der Waals surface area contributed by atoms with E-state index in [-0.39, 0.29) is 18.4 Å². The molecule has 0 aliphatic carbocycles. The fourth-order valence-corrected chi connectivity index (χ4v) is 6.05. The van der Waals surface area contributed by atoms with Crippen molar-refractivity contribution in [2.45, 2.75) is 70.4 Å². The second-order valence-electron chi connectivity index (χ2n) is 11.9. The van der Waals surface area contributed by atoms with E-state index >= 15 is 0 Å². The Hall–Kier alpha value is -4.66. The third-order valence-electron chi connectivity index (χ3n) is 8.61. The highest BCUT2D eigenvalue weighted by molar-refractivity contribution is 5.91. The molecule has 0 unspecified atom stereocenters. The molecule has 2 amide bonds. The van der Waals surface area contributed by atoms with Crippen LogP contribution in [0, 0.1) is 11.8 Å². The van der Waals surface area contributed by atoms with Crippen LogP contribution in [0.3, 0.4) is 0 Å². The number of ether oxygens (including phenoxy) is 1. The van der Waals surface area contributed by atoms with Gasteiger partial charge in [-0.25, -0.2) is 4.79 Å². The molecule has 4 rings (SSSR count). The molecule has 0 aromatic heterocycles. The van der Waals surface area contributed by atoms with E-state index in [1.807, 2.05) is 119 Å². The fraction of sp³-hybridized carbons (Fsp3) is 0.400. The molecule has 0 radical (unpaired) electrons. The van der Waals surface area contributed by atoms with Gasteiger partial charge in [-0.2, -0.15) is 0 Å². The number of carbonyl (C=O) groups is 3. The third-order valence-corrected chi connectivity index (χ3v) is 8.61. The number of carboxylic acid groups (broad SMARTS) is 1. The lowest BCUT2D eigenvalue weighted by Crippen LogP contribution is -2.62. The fourth-order valence-electron chi connectivity index (χ4n) is 6.05. The molecule has 2 N–H and O–H groups in total. The average molecular weight is 612 g/mol. The highest BCUT2D eigenvalue weighted by atomic mass is 16.5. The second kappa shape index (κ2) is 14.9. The molecule has 1 aliphatic rings. The number of hydrogen-bond acceptors (Lipinski definition) is 5. The van der Waals surface area contributed by atoms with Gasteiger partial charge in [-0.15, -0.1) is 0 Å². The molecule has 1 heterocycles. The predicted octanol–water partition coefficient (Wildman–Crippen LogP) is 5.92. The van der Waals surface area contributed by atoms with E-state index in [1.54, 1.807) is 0 Å². The molecule has 1 saturated heterocycles. The smallest absolute Gasteiger partial charge is 0.326 e. The van der Waals surface area contributed by atoms with Gasteiger partial charge in [-0.3, -0.25) is 9.59 Å². The van der Waals surface area contributed by atoms with Crippen LogP contribution in [0.4, 0.5) is 0 Å².